The maximum Gasteiger partial charge on any atom is 0.135 e. The molecule has 0 amide bonds. The van der Waals surface area contributed by atoms with Crippen molar-refractivity contribution in [3.05, 3.63) is 95.6 Å². The summed E-state index contributed by atoms with van der Waals surface area (Å²) in [6, 6.07) is 20.9. The lowest BCUT2D eigenvalue weighted by atomic mass is 9.83. The highest BCUT2D eigenvalue weighted by molar-refractivity contribution is 5.98. The second kappa shape index (κ2) is 5.34. The first-order chi connectivity index (χ1) is 10.8. The zero-order chi connectivity index (χ0) is 14.9. The molecule has 108 valence electrons. The molecule has 0 saturated heterocycles. The van der Waals surface area contributed by atoms with Crippen LogP contribution in [-0.2, 0) is 4.74 Å². The molecule has 2 unspecified atom stereocenters. The summed E-state index contributed by atoms with van der Waals surface area (Å²) in [5.41, 5.74) is 4.94. The molecule has 22 heavy (non-hydrogen) atoms. The van der Waals surface area contributed by atoms with Crippen LogP contribution in [0.4, 0.5) is 0 Å². The van der Waals surface area contributed by atoms with Gasteiger partial charge in [-0.05, 0) is 18.1 Å². The van der Waals surface area contributed by atoms with Gasteiger partial charge in [0.05, 0.1) is 0 Å². The quantitative estimate of drug-likeness (QED) is 0.747. The molecule has 1 nitrogen and oxygen atoms in total. The van der Waals surface area contributed by atoms with Gasteiger partial charge in [0.2, 0.25) is 0 Å². The predicted octanol–water partition coefficient (Wildman–Crippen LogP) is 5.09. The van der Waals surface area contributed by atoms with E-state index in [2.05, 4.69) is 79.7 Å². The largest absolute Gasteiger partial charge is 0.488 e. The molecule has 2 aromatic carbocycles. The Balaban J connectivity index is 1.96. The van der Waals surface area contributed by atoms with Crippen LogP contribution in [0.5, 0.6) is 0 Å². The van der Waals surface area contributed by atoms with E-state index in [1.807, 2.05) is 6.07 Å². The lowest BCUT2D eigenvalue weighted by molar-refractivity contribution is 0.152. The summed E-state index contributed by atoms with van der Waals surface area (Å²) in [5, 5.41) is 0. The minimum atomic E-state index is 0.160. The van der Waals surface area contributed by atoms with Crippen molar-refractivity contribution in [1.82, 2.24) is 0 Å². The molecule has 0 fully saturated rings. The maximum absolute atomic E-state index is 6.34. The van der Waals surface area contributed by atoms with Crippen LogP contribution in [0.2, 0.25) is 0 Å². The van der Waals surface area contributed by atoms with Crippen molar-refractivity contribution in [2.45, 2.75) is 13.0 Å². The first-order valence-corrected chi connectivity index (χ1v) is 7.75. The van der Waals surface area contributed by atoms with Gasteiger partial charge in [0.15, 0.2) is 0 Å². The fourth-order valence-electron chi connectivity index (χ4n) is 3.31. The van der Waals surface area contributed by atoms with Crippen LogP contribution in [-0.4, -0.2) is 6.10 Å². The second-order valence-electron chi connectivity index (χ2n) is 5.79. The molecule has 1 heterocycles. The van der Waals surface area contributed by atoms with E-state index in [1.165, 1.54) is 16.7 Å². The zero-order valence-corrected chi connectivity index (χ0v) is 12.6. The third kappa shape index (κ3) is 2.10. The molecule has 1 aliphatic heterocycles. The highest BCUT2D eigenvalue weighted by Crippen LogP contribution is 2.45. The molecule has 0 N–H and O–H groups in total. The Kier molecular flexibility index (Phi) is 3.19. The topological polar surface area (TPSA) is 9.23 Å². The van der Waals surface area contributed by atoms with Crippen LogP contribution in [0.1, 0.15) is 18.1 Å². The minimum absolute atomic E-state index is 0.160. The molecule has 2 aromatic rings. The number of hydrogen-bond donors (Lipinski definition) is 0. The SMILES string of the molecule is CC1OC(c2ccccc2)=C(c2ccccc2)C2=CC=CC21. The van der Waals surface area contributed by atoms with Gasteiger partial charge in [-0.15, -0.1) is 0 Å². The molecule has 1 aliphatic carbocycles. The standard InChI is InChI=1S/C21H18O/c1-15-18-13-8-14-19(18)20(16-9-4-2-5-10-16)21(22-15)17-11-6-3-7-12-17/h2-15,18H,1H3. The summed E-state index contributed by atoms with van der Waals surface area (Å²) in [6.07, 6.45) is 6.78. The van der Waals surface area contributed by atoms with Gasteiger partial charge in [-0.2, -0.15) is 0 Å². The van der Waals surface area contributed by atoms with Gasteiger partial charge in [-0.1, -0.05) is 78.9 Å². The first-order valence-electron chi connectivity index (χ1n) is 7.75. The molecule has 0 spiro atoms. The Bertz CT molecular complexity index is 766. The van der Waals surface area contributed by atoms with E-state index in [0.29, 0.717) is 5.92 Å². The number of benzene rings is 2. The molecule has 0 aromatic heterocycles. The van der Waals surface area contributed by atoms with E-state index in [0.717, 1.165) is 11.3 Å². The van der Waals surface area contributed by atoms with Crippen molar-refractivity contribution < 1.29 is 4.74 Å². The smallest absolute Gasteiger partial charge is 0.135 e. The maximum atomic E-state index is 6.34. The van der Waals surface area contributed by atoms with Crippen LogP contribution < -0.4 is 0 Å². The van der Waals surface area contributed by atoms with Crippen molar-refractivity contribution in [2.75, 3.05) is 0 Å². The molecule has 1 heteroatoms. The number of rotatable bonds is 2. The van der Waals surface area contributed by atoms with E-state index >= 15 is 0 Å². The molecular weight excluding hydrogens is 268 g/mol. The third-order valence-corrected chi connectivity index (χ3v) is 4.38. The lowest BCUT2D eigenvalue weighted by Gasteiger charge is -2.33. The average molecular weight is 286 g/mol. The lowest BCUT2D eigenvalue weighted by Crippen LogP contribution is -2.25. The highest BCUT2D eigenvalue weighted by Gasteiger charge is 2.34. The van der Waals surface area contributed by atoms with Crippen LogP contribution >= 0.6 is 0 Å². The monoisotopic (exact) mass is 286 g/mol. The van der Waals surface area contributed by atoms with Crippen LogP contribution in [0.25, 0.3) is 11.3 Å². The van der Waals surface area contributed by atoms with Crippen molar-refractivity contribution in [3.8, 4) is 0 Å². The summed E-state index contributed by atoms with van der Waals surface area (Å²) in [5.74, 6) is 1.34. The number of ether oxygens (including phenoxy) is 1. The van der Waals surface area contributed by atoms with E-state index in [9.17, 15) is 0 Å². The Morgan fingerprint density at radius 2 is 1.45 bits per heavy atom. The molecule has 0 saturated carbocycles. The van der Waals surface area contributed by atoms with Crippen molar-refractivity contribution >= 4 is 11.3 Å². The molecular formula is C21H18O. The Labute approximate surface area is 131 Å². The van der Waals surface area contributed by atoms with Gasteiger partial charge < -0.3 is 4.74 Å². The van der Waals surface area contributed by atoms with Gasteiger partial charge >= 0.3 is 0 Å². The third-order valence-electron chi connectivity index (χ3n) is 4.38. The van der Waals surface area contributed by atoms with Gasteiger partial charge in [0.1, 0.15) is 11.9 Å². The summed E-state index contributed by atoms with van der Waals surface area (Å²) in [4.78, 5) is 0. The van der Waals surface area contributed by atoms with Gasteiger partial charge in [0.25, 0.3) is 0 Å². The van der Waals surface area contributed by atoms with Gasteiger partial charge in [-0.3, -0.25) is 0 Å². The summed E-state index contributed by atoms with van der Waals surface area (Å²) in [7, 11) is 0. The van der Waals surface area contributed by atoms with Crippen LogP contribution in [0.3, 0.4) is 0 Å². The average Bonchev–Trinajstić information content (AvgIpc) is 3.06. The Hall–Kier alpha value is -2.54. The van der Waals surface area contributed by atoms with Crippen molar-refractivity contribution in [1.29, 1.82) is 0 Å². The first kappa shape index (κ1) is 13.1. The summed E-state index contributed by atoms with van der Waals surface area (Å²) < 4.78 is 6.34. The highest BCUT2D eigenvalue weighted by atomic mass is 16.5. The second-order valence-corrected chi connectivity index (χ2v) is 5.79. The number of fused-ring (bicyclic) bond motifs is 1. The summed E-state index contributed by atoms with van der Waals surface area (Å²) >= 11 is 0. The fourth-order valence-corrected chi connectivity index (χ4v) is 3.31. The van der Waals surface area contributed by atoms with E-state index in [4.69, 9.17) is 4.74 Å². The number of allylic oxidation sites excluding steroid dienone is 3. The number of hydrogen-bond acceptors (Lipinski definition) is 1. The van der Waals surface area contributed by atoms with Crippen molar-refractivity contribution in [3.63, 3.8) is 0 Å². The van der Waals surface area contributed by atoms with Crippen LogP contribution in [0.15, 0.2) is 84.5 Å². The predicted molar refractivity (Wildman–Crippen MR) is 91.0 cm³/mol. The Morgan fingerprint density at radius 1 is 0.818 bits per heavy atom. The summed E-state index contributed by atoms with van der Waals surface area (Å²) in [6.45, 7) is 2.15. The molecule has 2 atom stereocenters. The minimum Gasteiger partial charge on any atom is -0.488 e. The molecule has 0 radical (unpaired) electrons. The molecule has 4 rings (SSSR count). The zero-order valence-electron chi connectivity index (χ0n) is 12.6. The van der Waals surface area contributed by atoms with E-state index in [1.54, 1.807) is 0 Å². The van der Waals surface area contributed by atoms with E-state index < -0.39 is 0 Å². The van der Waals surface area contributed by atoms with Crippen LogP contribution in [0, 0.1) is 5.92 Å². The normalized spacial score (nSPS) is 23.0. The molecule has 0 bridgehead atoms. The van der Waals surface area contributed by atoms with Gasteiger partial charge in [0, 0.05) is 17.1 Å². The van der Waals surface area contributed by atoms with E-state index in [-0.39, 0.29) is 6.10 Å². The van der Waals surface area contributed by atoms with Gasteiger partial charge in [-0.25, -0.2) is 0 Å². The molecule has 2 aliphatic rings. The van der Waals surface area contributed by atoms with Crippen molar-refractivity contribution in [2.24, 2.45) is 5.92 Å². The Morgan fingerprint density at radius 3 is 2.14 bits per heavy atom. The fraction of sp³-hybridized carbons (Fsp3) is 0.143.